The topological polar surface area (TPSA) is 41.1 Å². The van der Waals surface area contributed by atoms with E-state index in [9.17, 15) is 9.18 Å². The van der Waals surface area contributed by atoms with Gasteiger partial charge in [-0.3, -0.25) is 4.79 Å². The first kappa shape index (κ1) is 16.4. The smallest absolute Gasteiger partial charge is 0.258 e. The number of hydrogen-bond donors (Lipinski definition) is 2. The van der Waals surface area contributed by atoms with Crippen LogP contribution in [0.15, 0.2) is 48.0 Å². The number of amides is 1. The van der Waals surface area contributed by atoms with E-state index in [1.807, 2.05) is 24.3 Å². The SMILES string of the molecule is CC1=C(c2ccc(NC(=O)c3c(C)cccc3F)cc2)CCNC1. The van der Waals surface area contributed by atoms with Crippen molar-refractivity contribution in [2.45, 2.75) is 20.3 Å². The van der Waals surface area contributed by atoms with Crippen molar-refractivity contribution in [3.8, 4) is 0 Å². The first-order valence-electron chi connectivity index (χ1n) is 8.12. The lowest BCUT2D eigenvalue weighted by Crippen LogP contribution is -2.23. The number of rotatable bonds is 3. The average molecular weight is 324 g/mol. The van der Waals surface area contributed by atoms with Crippen molar-refractivity contribution in [3.05, 3.63) is 70.5 Å². The lowest BCUT2D eigenvalue weighted by atomic mass is 9.95. The van der Waals surface area contributed by atoms with E-state index in [1.54, 1.807) is 19.1 Å². The molecule has 1 aliphatic heterocycles. The van der Waals surface area contributed by atoms with Gasteiger partial charge in [0.1, 0.15) is 5.82 Å². The van der Waals surface area contributed by atoms with Gasteiger partial charge in [0, 0.05) is 12.2 Å². The first-order valence-corrected chi connectivity index (χ1v) is 8.12. The number of anilines is 1. The Hall–Kier alpha value is -2.46. The van der Waals surface area contributed by atoms with Gasteiger partial charge in [-0.1, -0.05) is 29.8 Å². The number of aryl methyl sites for hydroxylation is 1. The van der Waals surface area contributed by atoms with Crippen LogP contribution in [0, 0.1) is 12.7 Å². The van der Waals surface area contributed by atoms with Crippen LogP contribution in [-0.2, 0) is 0 Å². The van der Waals surface area contributed by atoms with Crippen molar-refractivity contribution in [1.29, 1.82) is 0 Å². The Labute approximate surface area is 141 Å². The molecule has 2 aromatic rings. The Morgan fingerprint density at radius 1 is 1.12 bits per heavy atom. The normalized spacial score (nSPS) is 14.6. The van der Waals surface area contributed by atoms with Crippen molar-refractivity contribution >= 4 is 17.2 Å². The number of carbonyl (C=O) groups excluding carboxylic acids is 1. The van der Waals surface area contributed by atoms with E-state index in [2.05, 4.69) is 17.6 Å². The quantitative estimate of drug-likeness (QED) is 0.890. The molecule has 0 spiro atoms. The molecule has 0 saturated carbocycles. The van der Waals surface area contributed by atoms with Crippen LogP contribution in [0.3, 0.4) is 0 Å². The summed E-state index contributed by atoms with van der Waals surface area (Å²) in [6.07, 6.45) is 1.01. The summed E-state index contributed by atoms with van der Waals surface area (Å²) < 4.78 is 13.9. The Morgan fingerprint density at radius 3 is 2.54 bits per heavy atom. The van der Waals surface area contributed by atoms with Gasteiger partial charge in [-0.05, 0) is 61.7 Å². The molecular formula is C20H21FN2O. The van der Waals surface area contributed by atoms with Gasteiger partial charge in [0.2, 0.25) is 0 Å². The Bertz CT molecular complexity index is 774. The summed E-state index contributed by atoms with van der Waals surface area (Å²) in [6.45, 7) is 5.77. The van der Waals surface area contributed by atoms with Gasteiger partial charge in [-0.2, -0.15) is 0 Å². The maximum Gasteiger partial charge on any atom is 0.258 e. The molecule has 3 rings (SSSR count). The Balaban J connectivity index is 1.78. The maximum absolute atomic E-state index is 13.9. The van der Waals surface area contributed by atoms with Crippen LogP contribution in [0.5, 0.6) is 0 Å². The van der Waals surface area contributed by atoms with Crippen LogP contribution in [0.2, 0.25) is 0 Å². The minimum atomic E-state index is -0.500. The highest BCUT2D eigenvalue weighted by molar-refractivity contribution is 6.05. The predicted molar refractivity (Wildman–Crippen MR) is 95.6 cm³/mol. The third-order valence-electron chi connectivity index (χ3n) is 4.40. The van der Waals surface area contributed by atoms with Gasteiger partial charge in [0.05, 0.1) is 5.56 Å². The third-order valence-corrected chi connectivity index (χ3v) is 4.40. The van der Waals surface area contributed by atoms with Crippen molar-refractivity contribution in [1.82, 2.24) is 5.32 Å². The summed E-state index contributed by atoms with van der Waals surface area (Å²) >= 11 is 0. The van der Waals surface area contributed by atoms with Gasteiger partial charge in [0.15, 0.2) is 0 Å². The maximum atomic E-state index is 13.9. The van der Waals surface area contributed by atoms with Crippen LogP contribution in [0.4, 0.5) is 10.1 Å². The average Bonchev–Trinajstić information content (AvgIpc) is 2.56. The molecule has 1 amide bonds. The molecule has 0 radical (unpaired) electrons. The molecule has 0 aliphatic carbocycles. The number of halogens is 1. The molecular weight excluding hydrogens is 303 g/mol. The predicted octanol–water partition coefficient (Wildman–Crippen LogP) is 4.15. The zero-order chi connectivity index (χ0) is 17.1. The number of nitrogens with one attached hydrogen (secondary N) is 2. The van der Waals surface area contributed by atoms with Gasteiger partial charge in [-0.15, -0.1) is 0 Å². The fourth-order valence-electron chi connectivity index (χ4n) is 3.07. The fourth-order valence-corrected chi connectivity index (χ4v) is 3.07. The second kappa shape index (κ2) is 6.97. The lowest BCUT2D eigenvalue weighted by molar-refractivity contribution is 0.102. The zero-order valence-electron chi connectivity index (χ0n) is 13.9. The molecule has 0 bridgehead atoms. The summed E-state index contributed by atoms with van der Waals surface area (Å²) in [7, 11) is 0. The Morgan fingerprint density at radius 2 is 1.88 bits per heavy atom. The van der Waals surface area contributed by atoms with E-state index in [0.29, 0.717) is 11.3 Å². The molecule has 0 fully saturated rings. The molecule has 0 aromatic heterocycles. The van der Waals surface area contributed by atoms with Gasteiger partial charge in [-0.25, -0.2) is 4.39 Å². The first-order chi connectivity index (χ1) is 11.6. The molecule has 3 nitrogen and oxygen atoms in total. The highest BCUT2D eigenvalue weighted by Crippen LogP contribution is 2.25. The molecule has 0 unspecified atom stereocenters. The van der Waals surface area contributed by atoms with Crippen molar-refractivity contribution < 1.29 is 9.18 Å². The van der Waals surface area contributed by atoms with Crippen molar-refractivity contribution in [2.24, 2.45) is 0 Å². The molecule has 2 N–H and O–H groups in total. The highest BCUT2D eigenvalue weighted by Gasteiger charge is 2.15. The molecule has 1 heterocycles. The van der Waals surface area contributed by atoms with Gasteiger partial charge in [0.25, 0.3) is 5.91 Å². The Kier molecular flexibility index (Phi) is 4.76. The van der Waals surface area contributed by atoms with Gasteiger partial charge < -0.3 is 10.6 Å². The van der Waals surface area contributed by atoms with Crippen LogP contribution in [0.25, 0.3) is 5.57 Å². The molecule has 0 saturated heterocycles. The van der Waals surface area contributed by atoms with E-state index in [1.165, 1.54) is 22.8 Å². The summed E-state index contributed by atoms with van der Waals surface area (Å²) in [6, 6.07) is 12.4. The van der Waals surface area contributed by atoms with Crippen LogP contribution in [0.1, 0.15) is 34.8 Å². The largest absolute Gasteiger partial charge is 0.322 e. The van der Waals surface area contributed by atoms with E-state index < -0.39 is 11.7 Å². The van der Waals surface area contributed by atoms with E-state index >= 15 is 0 Å². The van der Waals surface area contributed by atoms with E-state index in [4.69, 9.17) is 0 Å². The van der Waals surface area contributed by atoms with Gasteiger partial charge >= 0.3 is 0 Å². The minimum Gasteiger partial charge on any atom is -0.322 e. The molecule has 0 atom stereocenters. The number of hydrogen-bond acceptors (Lipinski definition) is 2. The second-order valence-electron chi connectivity index (χ2n) is 6.15. The summed E-state index contributed by atoms with van der Waals surface area (Å²) in [4.78, 5) is 12.3. The van der Waals surface area contributed by atoms with Crippen LogP contribution >= 0.6 is 0 Å². The lowest BCUT2D eigenvalue weighted by Gasteiger charge is -2.19. The number of benzene rings is 2. The summed E-state index contributed by atoms with van der Waals surface area (Å²) in [5.41, 5.74) is 5.27. The summed E-state index contributed by atoms with van der Waals surface area (Å²) in [5, 5.41) is 6.12. The molecule has 24 heavy (non-hydrogen) atoms. The van der Waals surface area contributed by atoms with Crippen molar-refractivity contribution in [2.75, 3.05) is 18.4 Å². The zero-order valence-corrected chi connectivity index (χ0v) is 13.9. The molecule has 4 heteroatoms. The fraction of sp³-hybridized carbons (Fsp3) is 0.250. The van der Waals surface area contributed by atoms with E-state index in [0.717, 1.165) is 19.5 Å². The molecule has 1 aliphatic rings. The second-order valence-corrected chi connectivity index (χ2v) is 6.15. The van der Waals surface area contributed by atoms with Crippen LogP contribution in [-0.4, -0.2) is 19.0 Å². The third kappa shape index (κ3) is 3.39. The minimum absolute atomic E-state index is 0.0958. The van der Waals surface area contributed by atoms with Crippen molar-refractivity contribution in [3.63, 3.8) is 0 Å². The number of carbonyl (C=O) groups is 1. The summed E-state index contributed by atoms with van der Waals surface area (Å²) in [5.74, 6) is -0.921. The standard InChI is InChI=1S/C20H21FN2O/c1-13-4-3-5-18(21)19(13)20(24)23-16-8-6-15(7-9-16)17-10-11-22-12-14(17)2/h3-9,22H,10-12H2,1-2H3,(H,23,24). The monoisotopic (exact) mass is 324 g/mol. The molecule has 2 aromatic carbocycles. The molecule has 124 valence electrons. The van der Waals surface area contributed by atoms with Crippen LogP contribution < -0.4 is 10.6 Å². The highest BCUT2D eigenvalue weighted by atomic mass is 19.1. The van der Waals surface area contributed by atoms with E-state index in [-0.39, 0.29) is 5.56 Å².